The number of carbonyl (C=O) groups is 1. The number of aliphatic hydroxyl groups is 1. The lowest BCUT2D eigenvalue weighted by molar-refractivity contribution is -0.130. The molecule has 0 aliphatic carbocycles. The van der Waals surface area contributed by atoms with E-state index >= 15 is 0 Å². The van der Waals surface area contributed by atoms with Crippen LogP contribution >= 0.6 is 0 Å². The van der Waals surface area contributed by atoms with Gasteiger partial charge in [0.05, 0.1) is 19.7 Å². The average molecular weight is 385 g/mol. The molecule has 0 bridgehead atoms. The van der Waals surface area contributed by atoms with Gasteiger partial charge in [0.1, 0.15) is 5.75 Å². The van der Waals surface area contributed by atoms with Gasteiger partial charge >= 0.3 is 0 Å². The molecule has 0 saturated heterocycles. The molecule has 1 aliphatic heterocycles. The SMILES string of the molecule is COc1ccccc1CN1C(=O)C(O)=C(c2ccc(C)cc2)[C@H]1c1ccccc1. The summed E-state index contributed by atoms with van der Waals surface area (Å²) in [7, 11) is 1.62. The van der Waals surface area contributed by atoms with Crippen molar-refractivity contribution in [1.82, 2.24) is 4.90 Å². The minimum Gasteiger partial charge on any atom is -0.503 e. The Morgan fingerprint density at radius 3 is 2.28 bits per heavy atom. The molecule has 0 fully saturated rings. The molecule has 0 saturated carbocycles. The Morgan fingerprint density at radius 1 is 0.931 bits per heavy atom. The molecule has 0 aromatic heterocycles. The number of para-hydroxylation sites is 1. The number of ether oxygens (including phenoxy) is 1. The van der Waals surface area contributed by atoms with E-state index in [1.807, 2.05) is 85.8 Å². The summed E-state index contributed by atoms with van der Waals surface area (Å²) in [6.45, 7) is 2.35. The topological polar surface area (TPSA) is 49.8 Å². The molecule has 1 aliphatic rings. The summed E-state index contributed by atoms with van der Waals surface area (Å²) in [5.41, 5.74) is 4.45. The van der Waals surface area contributed by atoms with Gasteiger partial charge in [-0.25, -0.2) is 0 Å². The Kier molecular flexibility index (Phi) is 5.09. The maximum atomic E-state index is 13.1. The second-order valence-corrected chi connectivity index (χ2v) is 7.19. The van der Waals surface area contributed by atoms with E-state index < -0.39 is 0 Å². The molecule has 29 heavy (non-hydrogen) atoms. The summed E-state index contributed by atoms with van der Waals surface area (Å²) >= 11 is 0. The lowest BCUT2D eigenvalue weighted by Gasteiger charge is -2.28. The quantitative estimate of drug-likeness (QED) is 0.668. The van der Waals surface area contributed by atoms with Gasteiger partial charge in [-0.15, -0.1) is 0 Å². The zero-order valence-electron chi connectivity index (χ0n) is 16.5. The Balaban J connectivity index is 1.81. The van der Waals surface area contributed by atoms with Crippen molar-refractivity contribution in [3.63, 3.8) is 0 Å². The van der Waals surface area contributed by atoms with E-state index in [2.05, 4.69) is 0 Å². The van der Waals surface area contributed by atoms with Crippen molar-refractivity contribution < 1.29 is 14.6 Å². The van der Waals surface area contributed by atoms with Crippen LogP contribution in [0.15, 0.2) is 84.6 Å². The molecule has 1 amide bonds. The molecule has 0 radical (unpaired) electrons. The fraction of sp³-hybridized carbons (Fsp3) is 0.160. The third kappa shape index (κ3) is 3.49. The Bertz CT molecular complexity index is 1050. The van der Waals surface area contributed by atoms with Crippen molar-refractivity contribution in [2.24, 2.45) is 0 Å². The van der Waals surface area contributed by atoms with Gasteiger partial charge in [-0.2, -0.15) is 0 Å². The first-order valence-corrected chi connectivity index (χ1v) is 9.58. The molecular weight excluding hydrogens is 362 g/mol. The highest BCUT2D eigenvalue weighted by atomic mass is 16.5. The second kappa shape index (κ2) is 7.84. The minimum absolute atomic E-state index is 0.197. The lowest BCUT2D eigenvalue weighted by atomic mass is 9.93. The minimum atomic E-state index is -0.378. The molecular formula is C25H23NO3. The van der Waals surface area contributed by atoms with Crippen molar-refractivity contribution in [3.8, 4) is 5.75 Å². The molecule has 0 spiro atoms. The number of methoxy groups -OCH3 is 1. The van der Waals surface area contributed by atoms with Gasteiger partial charge < -0.3 is 14.7 Å². The fourth-order valence-corrected chi connectivity index (χ4v) is 3.84. The second-order valence-electron chi connectivity index (χ2n) is 7.19. The lowest BCUT2D eigenvalue weighted by Crippen LogP contribution is -2.30. The molecule has 146 valence electrons. The van der Waals surface area contributed by atoms with Crippen molar-refractivity contribution >= 4 is 11.5 Å². The molecule has 0 unspecified atom stereocenters. The molecule has 1 N–H and O–H groups in total. The van der Waals surface area contributed by atoms with Crippen LogP contribution in [0.4, 0.5) is 0 Å². The third-order valence-electron chi connectivity index (χ3n) is 5.31. The number of carbonyl (C=O) groups excluding carboxylic acids is 1. The number of aryl methyl sites for hydroxylation is 1. The molecule has 1 atom stereocenters. The number of benzene rings is 3. The number of nitrogens with zero attached hydrogens (tertiary/aromatic N) is 1. The van der Waals surface area contributed by atoms with E-state index in [-0.39, 0.29) is 17.7 Å². The van der Waals surface area contributed by atoms with Crippen LogP contribution in [0.25, 0.3) is 5.57 Å². The summed E-state index contributed by atoms with van der Waals surface area (Å²) < 4.78 is 5.47. The van der Waals surface area contributed by atoms with Gasteiger partial charge in [0.15, 0.2) is 5.76 Å². The molecule has 4 heteroatoms. The van der Waals surface area contributed by atoms with Gasteiger partial charge in [0, 0.05) is 11.1 Å². The summed E-state index contributed by atoms with van der Waals surface area (Å²) in [6, 6.07) is 25.0. The number of amides is 1. The highest BCUT2D eigenvalue weighted by molar-refractivity contribution is 6.05. The van der Waals surface area contributed by atoms with Crippen LogP contribution in [0.2, 0.25) is 0 Å². The maximum Gasteiger partial charge on any atom is 0.290 e. The van der Waals surface area contributed by atoms with E-state index in [9.17, 15) is 9.90 Å². The molecule has 3 aromatic rings. The Labute approximate surface area is 170 Å². The van der Waals surface area contributed by atoms with Crippen LogP contribution in [0, 0.1) is 6.92 Å². The van der Waals surface area contributed by atoms with Crippen LogP contribution in [-0.2, 0) is 11.3 Å². The normalized spacial score (nSPS) is 16.4. The number of aliphatic hydroxyl groups excluding tert-OH is 1. The smallest absolute Gasteiger partial charge is 0.290 e. The third-order valence-corrected chi connectivity index (χ3v) is 5.31. The molecule has 3 aromatic carbocycles. The summed E-state index contributed by atoms with van der Waals surface area (Å²) in [6.07, 6.45) is 0. The predicted octanol–water partition coefficient (Wildman–Crippen LogP) is 5.06. The van der Waals surface area contributed by atoms with E-state index in [1.165, 1.54) is 0 Å². The highest BCUT2D eigenvalue weighted by Gasteiger charge is 2.41. The monoisotopic (exact) mass is 385 g/mol. The maximum absolute atomic E-state index is 13.1. The van der Waals surface area contributed by atoms with Crippen LogP contribution in [0.3, 0.4) is 0 Å². The number of hydrogen-bond acceptors (Lipinski definition) is 3. The van der Waals surface area contributed by atoms with Crippen molar-refractivity contribution in [2.45, 2.75) is 19.5 Å². The van der Waals surface area contributed by atoms with E-state index in [0.29, 0.717) is 12.1 Å². The largest absolute Gasteiger partial charge is 0.503 e. The van der Waals surface area contributed by atoms with Gasteiger partial charge in [-0.1, -0.05) is 78.4 Å². The fourth-order valence-electron chi connectivity index (χ4n) is 3.84. The zero-order chi connectivity index (χ0) is 20.4. The van der Waals surface area contributed by atoms with Crippen molar-refractivity contribution in [2.75, 3.05) is 7.11 Å². The van der Waals surface area contributed by atoms with E-state index in [1.54, 1.807) is 12.0 Å². The van der Waals surface area contributed by atoms with E-state index in [0.717, 1.165) is 28.0 Å². The molecule has 4 nitrogen and oxygen atoms in total. The summed E-state index contributed by atoms with van der Waals surface area (Å²) in [5, 5.41) is 10.8. The zero-order valence-corrected chi connectivity index (χ0v) is 16.5. The first-order valence-electron chi connectivity index (χ1n) is 9.58. The van der Waals surface area contributed by atoms with Gasteiger partial charge in [-0.05, 0) is 24.1 Å². The van der Waals surface area contributed by atoms with Crippen LogP contribution in [-0.4, -0.2) is 23.0 Å². The van der Waals surface area contributed by atoms with Gasteiger partial charge in [0.25, 0.3) is 5.91 Å². The van der Waals surface area contributed by atoms with Crippen LogP contribution in [0.5, 0.6) is 5.75 Å². The first-order chi connectivity index (χ1) is 14.1. The first kappa shape index (κ1) is 18.8. The van der Waals surface area contributed by atoms with Crippen molar-refractivity contribution in [1.29, 1.82) is 0 Å². The van der Waals surface area contributed by atoms with Crippen LogP contribution < -0.4 is 4.74 Å². The molecule has 1 heterocycles. The number of hydrogen-bond donors (Lipinski definition) is 1. The Morgan fingerprint density at radius 2 is 1.59 bits per heavy atom. The summed E-state index contributed by atoms with van der Waals surface area (Å²) in [5.74, 6) is 0.147. The van der Waals surface area contributed by atoms with Crippen molar-refractivity contribution in [3.05, 3.63) is 107 Å². The standard InChI is InChI=1S/C25H23NO3/c1-17-12-14-18(15-13-17)22-23(19-8-4-3-5-9-19)26(25(28)24(22)27)16-20-10-6-7-11-21(20)29-2/h3-15,23,27H,16H2,1-2H3/t23-/m1/s1. The van der Waals surface area contributed by atoms with Gasteiger partial charge in [-0.3, -0.25) is 4.79 Å². The average Bonchev–Trinajstić information content (AvgIpc) is 3.00. The predicted molar refractivity (Wildman–Crippen MR) is 113 cm³/mol. The highest BCUT2D eigenvalue weighted by Crippen LogP contribution is 2.44. The number of rotatable bonds is 5. The van der Waals surface area contributed by atoms with Crippen LogP contribution in [0.1, 0.15) is 28.3 Å². The summed E-state index contributed by atoms with van der Waals surface area (Å²) in [4.78, 5) is 14.8. The van der Waals surface area contributed by atoms with Gasteiger partial charge in [0.2, 0.25) is 0 Å². The van der Waals surface area contributed by atoms with E-state index in [4.69, 9.17) is 4.74 Å². The molecule has 4 rings (SSSR count). The Hall–Kier alpha value is -3.53.